The Balaban J connectivity index is 1.88. The molecule has 0 saturated carbocycles. The highest BCUT2D eigenvalue weighted by molar-refractivity contribution is 7.89. The zero-order valence-electron chi connectivity index (χ0n) is 13.6. The van der Waals surface area contributed by atoms with Gasteiger partial charge in [0.05, 0.1) is 4.90 Å². The molecule has 8 heteroatoms. The molecule has 1 amide bonds. The molecule has 0 bridgehead atoms. The standard InChI is InChI=1S/C16H22F2N2O3S/c1-2-12-4-3-9-20(11-12)16(21)7-8-19-24(22,23)13-5-6-14(17)15(18)10-13/h5-6,10,12,19H,2-4,7-9,11H2,1H3. The average Bonchev–Trinajstić information content (AvgIpc) is 2.57. The number of piperidine rings is 1. The van der Waals surface area contributed by atoms with Crippen molar-refractivity contribution >= 4 is 15.9 Å². The molecule has 134 valence electrons. The van der Waals surface area contributed by atoms with Gasteiger partial charge in [0.15, 0.2) is 11.6 Å². The maximum absolute atomic E-state index is 13.1. The summed E-state index contributed by atoms with van der Waals surface area (Å²) in [6, 6.07) is 2.36. The van der Waals surface area contributed by atoms with E-state index in [9.17, 15) is 22.0 Å². The van der Waals surface area contributed by atoms with Crippen LogP contribution in [0.1, 0.15) is 32.6 Å². The molecule has 1 aliphatic heterocycles. The average molecular weight is 360 g/mol. The summed E-state index contributed by atoms with van der Waals surface area (Å²) in [5, 5.41) is 0. The Morgan fingerprint density at radius 2 is 2.08 bits per heavy atom. The second-order valence-corrected chi connectivity index (χ2v) is 7.75. The lowest BCUT2D eigenvalue weighted by Crippen LogP contribution is -2.41. The second kappa shape index (κ2) is 8.02. The molecule has 0 aliphatic carbocycles. The monoisotopic (exact) mass is 360 g/mol. The Hall–Kier alpha value is -1.54. The number of amides is 1. The summed E-state index contributed by atoms with van der Waals surface area (Å²) in [6.07, 6.45) is 3.14. The number of nitrogens with zero attached hydrogens (tertiary/aromatic N) is 1. The molecular weight excluding hydrogens is 338 g/mol. The van der Waals surface area contributed by atoms with Crippen molar-refractivity contribution in [1.29, 1.82) is 0 Å². The molecular formula is C16H22F2N2O3S. The van der Waals surface area contributed by atoms with Gasteiger partial charge in [-0.3, -0.25) is 4.79 Å². The molecule has 1 heterocycles. The minimum Gasteiger partial charge on any atom is -0.342 e. The highest BCUT2D eigenvalue weighted by Crippen LogP contribution is 2.19. The van der Waals surface area contributed by atoms with E-state index in [0.717, 1.165) is 31.4 Å². The third kappa shape index (κ3) is 4.73. The van der Waals surface area contributed by atoms with Crippen molar-refractivity contribution in [1.82, 2.24) is 9.62 Å². The summed E-state index contributed by atoms with van der Waals surface area (Å²) in [7, 11) is -3.97. The molecule has 1 atom stereocenters. The van der Waals surface area contributed by atoms with Crippen LogP contribution in [0.15, 0.2) is 23.1 Å². The summed E-state index contributed by atoms with van der Waals surface area (Å²) >= 11 is 0. The van der Waals surface area contributed by atoms with Crippen molar-refractivity contribution in [2.75, 3.05) is 19.6 Å². The minimum atomic E-state index is -3.97. The first-order valence-corrected chi connectivity index (χ1v) is 9.54. The van der Waals surface area contributed by atoms with E-state index in [-0.39, 0.29) is 23.8 Å². The van der Waals surface area contributed by atoms with Crippen LogP contribution in [0.2, 0.25) is 0 Å². The lowest BCUT2D eigenvalue weighted by molar-refractivity contribution is -0.132. The summed E-state index contributed by atoms with van der Waals surface area (Å²) in [5.41, 5.74) is 0. The maximum atomic E-state index is 13.1. The summed E-state index contributed by atoms with van der Waals surface area (Å²) in [5.74, 6) is -1.93. The van der Waals surface area contributed by atoms with Gasteiger partial charge in [0.25, 0.3) is 0 Å². The van der Waals surface area contributed by atoms with Gasteiger partial charge >= 0.3 is 0 Å². The maximum Gasteiger partial charge on any atom is 0.240 e. The lowest BCUT2D eigenvalue weighted by Gasteiger charge is -2.32. The van der Waals surface area contributed by atoms with Crippen LogP contribution in [0.4, 0.5) is 8.78 Å². The van der Waals surface area contributed by atoms with Gasteiger partial charge in [-0.1, -0.05) is 13.3 Å². The second-order valence-electron chi connectivity index (χ2n) is 5.98. The van der Waals surface area contributed by atoms with Crippen LogP contribution in [-0.4, -0.2) is 38.9 Å². The van der Waals surface area contributed by atoms with Crippen molar-refractivity contribution in [3.05, 3.63) is 29.8 Å². The van der Waals surface area contributed by atoms with Gasteiger partial charge in [0, 0.05) is 26.1 Å². The van der Waals surface area contributed by atoms with Crippen molar-refractivity contribution in [2.24, 2.45) is 5.92 Å². The number of rotatable bonds is 6. The van der Waals surface area contributed by atoms with Crippen molar-refractivity contribution in [3.8, 4) is 0 Å². The van der Waals surface area contributed by atoms with Gasteiger partial charge in [0.2, 0.25) is 15.9 Å². The number of hydrogen-bond donors (Lipinski definition) is 1. The number of benzene rings is 1. The number of halogens is 2. The molecule has 1 fully saturated rings. The SMILES string of the molecule is CCC1CCCN(C(=O)CCNS(=O)(=O)c2ccc(F)c(F)c2)C1. The Morgan fingerprint density at radius 1 is 1.33 bits per heavy atom. The third-order valence-corrected chi connectivity index (χ3v) is 5.74. The molecule has 24 heavy (non-hydrogen) atoms. The molecule has 1 aromatic rings. The van der Waals surface area contributed by atoms with Gasteiger partial charge in [0.1, 0.15) is 0 Å². The van der Waals surface area contributed by atoms with E-state index < -0.39 is 21.7 Å². The number of likely N-dealkylation sites (tertiary alicyclic amines) is 1. The molecule has 1 saturated heterocycles. The highest BCUT2D eigenvalue weighted by Gasteiger charge is 2.23. The third-order valence-electron chi connectivity index (χ3n) is 4.28. The number of hydrogen-bond acceptors (Lipinski definition) is 3. The normalized spacial score (nSPS) is 18.6. The number of carbonyl (C=O) groups is 1. The minimum absolute atomic E-state index is 0.0410. The Bertz CT molecular complexity index is 695. The summed E-state index contributed by atoms with van der Waals surface area (Å²) < 4.78 is 52.3. The van der Waals surface area contributed by atoms with E-state index in [2.05, 4.69) is 11.6 Å². The van der Waals surface area contributed by atoms with E-state index in [0.29, 0.717) is 25.1 Å². The number of carbonyl (C=O) groups excluding carboxylic acids is 1. The van der Waals surface area contributed by atoms with Crippen LogP contribution in [-0.2, 0) is 14.8 Å². The van der Waals surface area contributed by atoms with Gasteiger partial charge in [-0.15, -0.1) is 0 Å². The molecule has 5 nitrogen and oxygen atoms in total. The fraction of sp³-hybridized carbons (Fsp3) is 0.562. The largest absolute Gasteiger partial charge is 0.342 e. The van der Waals surface area contributed by atoms with E-state index >= 15 is 0 Å². The van der Waals surface area contributed by atoms with E-state index in [1.165, 1.54) is 0 Å². The van der Waals surface area contributed by atoms with Gasteiger partial charge in [-0.2, -0.15) is 0 Å². The smallest absolute Gasteiger partial charge is 0.240 e. The van der Waals surface area contributed by atoms with E-state index in [1.54, 1.807) is 4.90 Å². The van der Waals surface area contributed by atoms with Crippen molar-refractivity contribution < 1.29 is 22.0 Å². The fourth-order valence-electron chi connectivity index (χ4n) is 2.80. The molecule has 1 aromatic carbocycles. The fourth-order valence-corrected chi connectivity index (χ4v) is 3.85. The molecule has 2 rings (SSSR count). The van der Waals surface area contributed by atoms with Crippen LogP contribution in [0.25, 0.3) is 0 Å². The van der Waals surface area contributed by atoms with E-state index in [1.807, 2.05) is 0 Å². The molecule has 1 N–H and O–H groups in total. The van der Waals surface area contributed by atoms with Crippen LogP contribution in [0.3, 0.4) is 0 Å². The summed E-state index contributed by atoms with van der Waals surface area (Å²) in [6.45, 7) is 3.43. The zero-order valence-corrected chi connectivity index (χ0v) is 14.4. The molecule has 0 radical (unpaired) electrons. The van der Waals surface area contributed by atoms with Crippen molar-refractivity contribution in [2.45, 2.75) is 37.5 Å². The first-order valence-electron chi connectivity index (χ1n) is 8.06. The first-order chi connectivity index (χ1) is 11.3. The van der Waals surface area contributed by atoms with Crippen LogP contribution in [0, 0.1) is 17.6 Å². The predicted molar refractivity (Wildman–Crippen MR) is 85.8 cm³/mol. The topological polar surface area (TPSA) is 66.5 Å². The van der Waals surface area contributed by atoms with Crippen LogP contribution < -0.4 is 4.72 Å². The zero-order chi connectivity index (χ0) is 17.7. The quantitative estimate of drug-likeness (QED) is 0.846. The molecule has 0 spiro atoms. The Labute approximate surface area is 141 Å². The Kier molecular flexibility index (Phi) is 6.28. The predicted octanol–water partition coefficient (Wildman–Crippen LogP) is 2.28. The molecule has 0 aromatic heterocycles. The van der Waals surface area contributed by atoms with Gasteiger partial charge in [-0.25, -0.2) is 21.9 Å². The van der Waals surface area contributed by atoms with Gasteiger partial charge in [-0.05, 0) is 37.0 Å². The van der Waals surface area contributed by atoms with Crippen molar-refractivity contribution in [3.63, 3.8) is 0 Å². The van der Waals surface area contributed by atoms with E-state index in [4.69, 9.17) is 0 Å². The summed E-state index contributed by atoms with van der Waals surface area (Å²) in [4.78, 5) is 13.6. The number of nitrogens with one attached hydrogen (secondary N) is 1. The van der Waals surface area contributed by atoms with Gasteiger partial charge < -0.3 is 4.90 Å². The Morgan fingerprint density at radius 3 is 2.75 bits per heavy atom. The molecule has 1 unspecified atom stereocenters. The number of sulfonamides is 1. The van der Waals surface area contributed by atoms with Crippen LogP contribution in [0.5, 0.6) is 0 Å². The first kappa shape index (κ1) is 18.8. The lowest BCUT2D eigenvalue weighted by atomic mass is 9.95. The molecule has 1 aliphatic rings. The highest BCUT2D eigenvalue weighted by atomic mass is 32.2. The van der Waals surface area contributed by atoms with Crippen LogP contribution >= 0.6 is 0 Å².